The van der Waals surface area contributed by atoms with Crippen molar-refractivity contribution in [2.45, 2.75) is 6.04 Å². The van der Waals surface area contributed by atoms with Gasteiger partial charge in [-0.25, -0.2) is 8.78 Å². The second kappa shape index (κ2) is 4.77. The summed E-state index contributed by atoms with van der Waals surface area (Å²) in [6, 6.07) is 4.59. The maximum Gasteiger partial charge on any atom is 0.128 e. The van der Waals surface area contributed by atoms with E-state index in [0.29, 0.717) is 0 Å². The monoisotopic (exact) mass is 351 g/mol. The highest BCUT2D eigenvalue weighted by molar-refractivity contribution is 14.1. The first-order valence-electron chi connectivity index (χ1n) is 4.52. The van der Waals surface area contributed by atoms with E-state index in [2.05, 4.69) is 22.6 Å². The van der Waals surface area contributed by atoms with Gasteiger partial charge in [0.15, 0.2) is 0 Å². The first kappa shape index (κ1) is 11.9. The largest absolute Gasteiger partial charge is 0.320 e. The molecule has 1 nitrogen and oxygen atoms in total. The second-order valence-corrected chi connectivity index (χ2v) is 6.13. The molecule has 2 aromatic rings. The van der Waals surface area contributed by atoms with E-state index in [4.69, 9.17) is 5.73 Å². The van der Waals surface area contributed by atoms with Gasteiger partial charge >= 0.3 is 0 Å². The Hall–Kier alpha value is -0.530. The van der Waals surface area contributed by atoms with Crippen molar-refractivity contribution < 1.29 is 8.78 Å². The lowest BCUT2D eigenvalue weighted by molar-refractivity contribution is 0.577. The van der Waals surface area contributed by atoms with Crippen LogP contribution in [0.15, 0.2) is 29.6 Å². The summed E-state index contributed by atoms with van der Waals surface area (Å²) in [6.07, 6.45) is 0. The summed E-state index contributed by atoms with van der Waals surface area (Å²) in [6.45, 7) is 0. The Morgan fingerprint density at radius 3 is 2.62 bits per heavy atom. The molecule has 0 bridgehead atoms. The highest BCUT2D eigenvalue weighted by Gasteiger charge is 2.15. The average molecular weight is 351 g/mol. The molecule has 5 heteroatoms. The molecule has 0 saturated carbocycles. The van der Waals surface area contributed by atoms with E-state index in [0.717, 1.165) is 26.6 Å². The maximum absolute atomic E-state index is 13.5. The third-order valence-electron chi connectivity index (χ3n) is 2.24. The predicted octanol–water partition coefficient (Wildman–Crippen LogP) is 3.68. The summed E-state index contributed by atoms with van der Waals surface area (Å²) in [7, 11) is 0. The van der Waals surface area contributed by atoms with Crippen molar-refractivity contribution >= 4 is 33.9 Å². The SMILES string of the molecule is NC(c1csc(I)c1)c1cc(F)ccc1F. The minimum absolute atomic E-state index is 0.189. The van der Waals surface area contributed by atoms with E-state index in [-0.39, 0.29) is 5.56 Å². The fourth-order valence-electron chi connectivity index (χ4n) is 1.42. The Kier molecular flexibility index (Phi) is 3.56. The van der Waals surface area contributed by atoms with Crippen LogP contribution in [0, 0.1) is 14.5 Å². The number of nitrogens with two attached hydrogens (primary N) is 1. The quantitative estimate of drug-likeness (QED) is 0.821. The average Bonchev–Trinajstić information content (AvgIpc) is 2.67. The van der Waals surface area contributed by atoms with Crippen LogP contribution < -0.4 is 5.73 Å². The number of halogens is 3. The summed E-state index contributed by atoms with van der Waals surface area (Å²) in [4.78, 5) is 0. The van der Waals surface area contributed by atoms with Gasteiger partial charge in [-0.3, -0.25) is 0 Å². The zero-order valence-electron chi connectivity index (χ0n) is 8.08. The van der Waals surface area contributed by atoms with Crippen molar-refractivity contribution in [2.24, 2.45) is 5.73 Å². The van der Waals surface area contributed by atoms with Crippen LogP contribution in [0.25, 0.3) is 0 Å². The number of thiophene rings is 1. The van der Waals surface area contributed by atoms with Gasteiger partial charge in [-0.05, 0) is 57.8 Å². The van der Waals surface area contributed by atoms with Gasteiger partial charge in [0.2, 0.25) is 0 Å². The van der Waals surface area contributed by atoms with Crippen molar-refractivity contribution in [3.63, 3.8) is 0 Å². The van der Waals surface area contributed by atoms with Crippen molar-refractivity contribution in [3.8, 4) is 0 Å². The molecule has 0 saturated heterocycles. The molecule has 2 rings (SSSR count). The molecule has 84 valence electrons. The predicted molar refractivity (Wildman–Crippen MR) is 69.4 cm³/mol. The van der Waals surface area contributed by atoms with Crippen LogP contribution in [0.5, 0.6) is 0 Å². The number of hydrogen-bond acceptors (Lipinski definition) is 2. The summed E-state index contributed by atoms with van der Waals surface area (Å²) in [5.74, 6) is -0.952. The van der Waals surface area contributed by atoms with Gasteiger partial charge in [0, 0.05) is 5.56 Å². The van der Waals surface area contributed by atoms with Crippen LogP contribution in [0.2, 0.25) is 0 Å². The lowest BCUT2D eigenvalue weighted by Crippen LogP contribution is -2.13. The van der Waals surface area contributed by atoms with Crippen LogP contribution in [-0.4, -0.2) is 0 Å². The first-order chi connectivity index (χ1) is 7.58. The molecular weight excluding hydrogens is 343 g/mol. The Morgan fingerprint density at radius 2 is 2.00 bits per heavy atom. The lowest BCUT2D eigenvalue weighted by atomic mass is 10.0. The zero-order chi connectivity index (χ0) is 11.7. The highest BCUT2D eigenvalue weighted by Crippen LogP contribution is 2.27. The van der Waals surface area contributed by atoms with Crippen molar-refractivity contribution in [1.82, 2.24) is 0 Å². The van der Waals surface area contributed by atoms with E-state index < -0.39 is 17.7 Å². The fourth-order valence-corrected chi connectivity index (χ4v) is 2.83. The van der Waals surface area contributed by atoms with Gasteiger partial charge < -0.3 is 5.73 Å². The van der Waals surface area contributed by atoms with Gasteiger partial charge in [0.05, 0.1) is 8.93 Å². The Balaban J connectivity index is 2.40. The van der Waals surface area contributed by atoms with E-state index >= 15 is 0 Å². The van der Waals surface area contributed by atoms with E-state index in [1.165, 1.54) is 11.3 Å². The topological polar surface area (TPSA) is 26.0 Å². The molecule has 0 radical (unpaired) electrons. The molecule has 1 aromatic heterocycles. The van der Waals surface area contributed by atoms with Crippen LogP contribution in [0.3, 0.4) is 0 Å². The molecule has 1 atom stereocenters. The number of benzene rings is 1. The Labute approximate surface area is 109 Å². The van der Waals surface area contributed by atoms with Gasteiger partial charge in [-0.1, -0.05) is 0 Å². The van der Waals surface area contributed by atoms with Gasteiger partial charge in [0.1, 0.15) is 11.6 Å². The van der Waals surface area contributed by atoms with Crippen LogP contribution in [0.1, 0.15) is 17.2 Å². The molecular formula is C11H8F2INS. The molecule has 0 aliphatic rings. The van der Waals surface area contributed by atoms with Crippen molar-refractivity contribution in [1.29, 1.82) is 0 Å². The molecule has 2 N–H and O–H groups in total. The molecule has 1 aromatic carbocycles. The van der Waals surface area contributed by atoms with E-state index in [1.807, 2.05) is 11.4 Å². The molecule has 0 aliphatic heterocycles. The van der Waals surface area contributed by atoms with Crippen molar-refractivity contribution in [3.05, 3.63) is 55.3 Å². The molecule has 0 fully saturated rings. The second-order valence-electron chi connectivity index (χ2n) is 3.33. The smallest absolute Gasteiger partial charge is 0.128 e. The molecule has 0 spiro atoms. The normalized spacial score (nSPS) is 12.8. The maximum atomic E-state index is 13.5. The molecule has 0 amide bonds. The first-order valence-corrected chi connectivity index (χ1v) is 6.48. The standard InChI is InChI=1S/C11H8F2INS/c12-7-1-2-9(13)8(4-7)11(15)6-3-10(14)16-5-6/h1-5,11H,15H2. The van der Waals surface area contributed by atoms with Gasteiger partial charge in [-0.15, -0.1) is 11.3 Å². The summed E-state index contributed by atoms with van der Waals surface area (Å²) in [5.41, 5.74) is 6.89. The van der Waals surface area contributed by atoms with Crippen LogP contribution in [-0.2, 0) is 0 Å². The van der Waals surface area contributed by atoms with Crippen LogP contribution >= 0.6 is 33.9 Å². The van der Waals surface area contributed by atoms with Crippen LogP contribution in [0.4, 0.5) is 8.78 Å². The zero-order valence-corrected chi connectivity index (χ0v) is 11.1. The Morgan fingerprint density at radius 1 is 1.25 bits per heavy atom. The third-order valence-corrected chi connectivity index (χ3v) is 4.05. The molecule has 16 heavy (non-hydrogen) atoms. The molecule has 1 heterocycles. The number of rotatable bonds is 2. The fraction of sp³-hybridized carbons (Fsp3) is 0.0909. The summed E-state index contributed by atoms with van der Waals surface area (Å²) in [5, 5.41) is 1.86. The number of hydrogen-bond donors (Lipinski definition) is 1. The van der Waals surface area contributed by atoms with E-state index in [9.17, 15) is 8.78 Å². The summed E-state index contributed by atoms with van der Waals surface area (Å²) >= 11 is 3.69. The van der Waals surface area contributed by atoms with Crippen molar-refractivity contribution in [2.75, 3.05) is 0 Å². The minimum Gasteiger partial charge on any atom is -0.320 e. The lowest BCUT2D eigenvalue weighted by Gasteiger charge is -2.11. The highest BCUT2D eigenvalue weighted by atomic mass is 127. The molecule has 1 unspecified atom stereocenters. The summed E-state index contributed by atoms with van der Waals surface area (Å²) < 4.78 is 27.5. The van der Waals surface area contributed by atoms with Gasteiger partial charge in [-0.2, -0.15) is 0 Å². The minimum atomic E-state index is -0.615. The Bertz CT molecular complexity index is 512. The van der Waals surface area contributed by atoms with Gasteiger partial charge in [0.25, 0.3) is 0 Å². The van der Waals surface area contributed by atoms with E-state index in [1.54, 1.807) is 0 Å². The third kappa shape index (κ3) is 2.41. The molecule has 0 aliphatic carbocycles.